The summed E-state index contributed by atoms with van der Waals surface area (Å²) in [6, 6.07) is 2.10. The lowest BCUT2D eigenvalue weighted by Crippen LogP contribution is -2.29. The van der Waals surface area contributed by atoms with Gasteiger partial charge in [-0.2, -0.15) is 0 Å². The number of hydrogen-bond acceptors (Lipinski definition) is 3. The second kappa shape index (κ2) is 6.85. The zero-order valence-electron chi connectivity index (χ0n) is 11.9. The van der Waals surface area contributed by atoms with Gasteiger partial charge >= 0.3 is 5.97 Å². The Morgan fingerprint density at radius 1 is 1.43 bits per heavy atom. The number of rotatable bonds is 6. The molecule has 0 heterocycles. The van der Waals surface area contributed by atoms with Crippen molar-refractivity contribution in [2.24, 2.45) is 5.92 Å². The number of aromatic carboxylic acids is 1. The van der Waals surface area contributed by atoms with Gasteiger partial charge in [-0.05, 0) is 24.5 Å². The first-order valence-corrected chi connectivity index (χ1v) is 8.49. The van der Waals surface area contributed by atoms with Crippen LogP contribution in [-0.4, -0.2) is 37.4 Å². The maximum Gasteiger partial charge on any atom is 0.338 e. The predicted molar refractivity (Wildman–Crippen MR) is 80.3 cm³/mol. The number of sulfonamides is 1. The summed E-state index contributed by atoms with van der Waals surface area (Å²) >= 11 is 3.01. The number of benzene rings is 1. The SMILES string of the molecule is CC(C)CCN(C)S(=O)(=O)c1cc(Br)cc(C(=O)O)c1F. The normalized spacial score (nSPS) is 12.1. The molecule has 0 unspecified atom stereocenters. The van der Waals surface area contributed by atoms with E-state index >= 15 is 0 Å². The van der Waals surface area contributed by atoms with E-state index in [1.807, 2.05) is 13.8 Å². The third kappa shape index (κ3) is 4.24. The van der Waals surface area contributed by atoms with Crippen LogP contribution in [-0.2, 0) is 10.0 Å². The molecule has 0 bridgehead atoms. The van der Waals surface area contributed by atoms with Gasteiger partial charge in [0.2, 0.25) is 10.0 Å². The summed E-state index contributed by atoms with van der Waals surface area (Å²) in [4.78, 5) is 10.3. The molecule has 1 aromatic carbocycles. The van der Waals surface area contributed by atoms with E-state index in [-0.39, 0.29) is 11.0 Å². The number of nitrogens with zero attached hydrogens (tertiary/aromatic N) is 1. The minimum absolute atomic E-state index is 0.192. The van der Waals surface area contributed by atoms with Gasteiger partial charge in [-0.3, -0.25) is 0 Å². The van der Waals surface area contributed by atoms with E-state index in [0.29, 0.717) is 12.3 Å². The van der Waals surface area contributed by atoms with Crippen molar-refractivity contribution in [2.75, 3.05) is 13.6 Å². The van der Waals surface area contributed by atoms with Crippen LogP contribution in [0.2, 0.25) is 0 Å². The van der Waals surface area contributed by atoms with Crippen molar-refractivity contribution in [3.8, 4) is 0 Å². The largest absolute Gasteiger partial charge is 0.478 e. The molecule has 0 atom stereocenters. The van der Waals surface area contributed by atoms with Gasteiger partial charge < -0.3 is 5.11 Å². The maximum atomic E-state index is 14.2. The summed E-state index contributed by atoms with van der Waals surface area (Å²) in [6.45, 7) is 4.12. The molecular formula is C13H17BrFNO4S. The zero-order chi connectivity index (χ0) is 16.4. The van der Waals surface area contributed by atoms with Crippen LogP contribution in [0.25, 0.3) is 0 Å². The Kier molecular flexibility index (Phi) is 5.89. The second-order valence-electron chi connectivity index (χ2n) is 5.08. The van der Waals surface area contributed by atoms with Gasteiger partial charge in [0.05, 0.1) is 5.56 Å². The van der Waals surface area contributed by atoms with Crippen molar-refractivity contribution in [3.63, 3.8) is 0 Å². The molecule has 0 aromatic heterocycles. The van der Waals surface area contributed by atoms with Gasteiger partial charge in [0.1, 0.15) is 4.90 Å². The lowest BCUT2D eigenvalue weighted by Gasteiger charge is -2.19. The Labute approximate surface area is 131 Å². The first-order chi connectivity index (χ1) is 9.57. The van der Waals surface area contributed by atoms with E-state index in [0.717, 1.165) is 16.4 Å². The topological polar surface area (TPSA) is 74.7 Å². The zero-order valence-corrected chi connectivity index (χ0v) is 14.3. The van der Waals surface area contributed by atoms with Crippen molar-refractivity contribution in [1.82, 2.24) is 4.31 Å². The van der Waals surface area contributed by atoms with E-state index in [4.69, 9.17) is 5.11 Å². The Balaban J connectivity index is 3.28. The average molecular weight is 382 g/mol. The van der Waals surface area contributed by atoms with Crippen LogP contribution in [0, 0.1) is 11.7 Å². The molecule has 0 spiro atoms. The molecule has 0 aliphatic heterocycles. The number of carboxylic acids is 1. The van der Waals surface area contributed by atoms with E-state index in [1.165, 1.54) is 7.05 Å². The molecule has 0 fully saturated rings. The number of halogens is 2. The quantitative estimate of drug-likeness (QED) is 0.821. The van der Waals surface area contributed by atoms with Crippen LogP contribution in [0.4, 0.5) is 4.39 Å². The molecule has 1 N–H and O–H groups in total. The third-order valence-corrected chi connectivity index (χ3v) is 5.26. The third-order valence-electron chi connectivity index (χ3n) is 2.94. The van der Waals surface area contributed by atoms with Crippen molar-refractivity contribution in [2.45, 2.75) is 25.2 Å². The van der Waals surface area contributed by atoms with Crippen molar-refractivity contribution >= 4 is 31.9 Å². The lowest BCUT2D eigenvalue weighted by atomic mass is 10.1. The molecule has 1 rings (SSSR count). The summed E-state index contributed by atoms with van der Waals surface area (Å²) in [5.41, 5.74) is -0.680. The van der Waals surface area contributed by atoms with Gasteiger partial charge in [-0.1, -0.05) is 29.8 Å². The average Bonchev–Trinajstić information content (AvgIpc) is 2.37. The van der Waals surface area contributed by atoms with Gasteiger partial charge in [-0.15, -0.1) is 0 Å². The molecule has 0 amide bonds. The van der Waals surface area contributed by atoms with E-state index < -0.39 is 32.3 Å². The van der Waals surface area contributed by atoms with Crippen LogP contribution in [0.3, 0.4) is 0 Å². The van der Waals surface area contributed by atoms with Crippen LogP contribution < -0.4 is 0 Å². The Morgan fingerprint density at radius 3 is 2.48 bits per heavy atom. The highest BCUT2D eigenvalue weighted by Crippen LogP contribution is 2.26. The number of carbonyl (C=O) groups is 1. The van der Waals surface area contributed by atoms with E-state index in [1.54, 1.807) is 0 Å². The second-order valence-corrected chi connectivity index (χ2v) is 8.01. The Hall–Kier alpha value is -0.990. The summed E-state index contributed by atoms with van der Waals surface area (Å²) in [7, 11) is -2.73. The van der Waals surface area contributed by atoms with E-state index in [2.05, 4.69) is 15.9 Å². The summed E-state index contributed by atoms with van der Waals surface area (Å²) in [6.07, 6.45) is 0.622. The molecule has 21 heavy (non-hydrogen) atoms. The first-order valence-electron chi connectivity index (χ1n) is 6.26. The number of hydrogen-bond donors (Lipinski definition) is 1. The molecule has 0 saturated carbocycles. The molecule has 8 heteroatoms. The summed E-state index contributed by atoms with van der Waals surface area (Å²) in [5, 5.41) is 8.93. The van der Waals surface area contributed by atoms with Crippen LogP contribution in [0.5, 0.6) is 0 Å². The van der Waals surface area contributed by atoms with Gasteiger partial charge in [0.25, 0.3) is 0 Å². The van der Waals surface area contributed by atoms with Crippen LogP contribution in [0.15, 0.2) is 21.5 Å². The predicted octanol–water partition coefficient (Wildman–Crippen LogP) is 2.95. The molecule has 118 valence electrons. The fourth-order valence-corrected chi connectivity index (χ4v) is 3.54. The molecule has 5 nitrogen and oxygen atoms in total. The molecule has 0 saturated heterocycles. The summed E-state index contributed by atoms with van der Waals surface area (Å²) in [5.74, 6) is -2.47. The molecule has 0 aliphatic rings. The molecule has 0 radical (unpaired) electrons. The Morgan fingerprint density at radius 2 is 2.00 bits per heavy atom. The molecule has 1 aromatic rings. The standard InChI is InChI=1S/C13H17BrFNO4S/c1-8(2)4-5-16(3)21(19,20)11-7-9(14)6-10(12(11)15)13(17)18/h6-8H,4-5H2,1-3H3,(H,17,18). The Bertz CT molecular complexity index is 646. The summed E-state index contributed by atoms with van der Waals surface area (Å²) < 4.78 is 40.1. The lowest BCUT2D eigenvalue weighted by molar-refractivity contribution is 0.0691. The van der Waals surface area contributed by atoms with Crippen molar-refractivity contribution < 1.29 is 22.7 Å². The minimum Gasteiger partial charge on any atom is -0.478 e. The highest BCUT2D eigenvalue weighted by molar-refractivity contribution is 9.10. The van der Waals surface area contributed by atoms with Crippen molar-refractivity contribution in [1.29, 1.82) is 0 Å². The smallest absolute Gasteiger partial charge is 0.338 e. The van der Waals surface area contributed by atoms with Gasteiger partial charge in [0, 0.05) is 18.1 Å². The number of carboxylic acid groups (broad SMARTS) is 1. The monoisotopic (exact) mass is 381 g/mol. The molecule has 0 aliphatic carbocycles. The van der Waals surface area contributed by atoms with Crippen LogP contribution in [0.1, 0.15) is 30.6 Å². The highest BCUT2D eigenvalue weighted by atomic mass is 79.9. The van der Waals surface area contributed by atoms with Crippen molar-refractivity contribution in [3.05, 3.63) is 28.0 Å². The van der Waals surface area contributed by atoms with Gasteiger partial charge in [-0.25, -0.2) is 21.9 Å². The van der Waals surface area contributed by atoms with E-state index in [9.17, 15) is 17.6 Å². The molecular weight excluding hydrogens is 365 g/mol. The van der Waals surface area contributed by atoms with Gasteiger partial charge in [0.15, 0.2) is 5.82 Å². The first kappa shape index (κ1) is 18.1. The van der Waals surface area contributed by atoms with Crippen LogP contribution >= 0.6 is 15.9 Å². The highest BCUT2D eigenvalue weighted by Gasteiger charge is 2.28. The fraction of sp³-hybridized carbons (Fsp3) is 0.462. The maximum absolute atomic E-state index is 14.2. The fourth-order valence-electron chi connectivity index (χ4n) is 1.64. The minimum atomic E-state index is -4.08.